The van der Waals surface area contributed by atoms with E-state index in [1.807, 2.05) is 27.2 Å². The number of hydrogen-bond acceptors (Lipinski definition) is 5. The molecular weight excluding hydrogens is 1010 g/mol. The number of hydrogen-bond donors (Lipinski definition) is 3. The van der Waals surface area contributed by atoms with Crippen LogP contribution in [0.15, 0.2) is 158 Å². The summed E-state index contributed by atoms with van der Waals surface area (Å²) in [5.41, 5.74) is 0. The molecule has 0 saturated carbocycles. The van der Waals surface area contributed by atoms with Crippen molar-refractivity contribution in [2.75, 3.05) is 40.9 Å². The molecule has 9 heteroatoms. The minimum atomic E-state index is -4.37. The Morgan fingerprint density at radius 2 is 0.762 bits per heavy atom. The first-order chi connectivity index (χ1) is 39.0. The van der Waals surface area contributed by atoms with E-state index in [4.69, 9.17) is 9.05 Å². The van der Waals surface area contributed by atoms with Crippen LogP contribution in [-0.2, 0) is 18.4 Å². The number of quaternary nitrogens is 1. The van der Waals surface area contributed by atoms with Gasteiger partial charge in [-0.2, -0.15) is 0 Å². The van der Waals surface area contributed by atoms with Gasteiger partial charge in [-0.25, -0.2) is 4.57 Å². The van der Waals surface area contributed by atoms with Gasteiger partial charge in [0.15, 0.2) is 0 Å². The quantitative estimate of drug-likeness (QED) is 0.0243. The normalized spacial score (nSPS) is 14.8. The molecule has 0 radical (unpaired) electrons. The van der Waals surface area contributed by atoms with Gasteiger partial charge in [0, 0.05) is 6.42 Å². The first-order valence-corrected chi connectivity index (χ1v) is 33.4. The SMILES string of the molecule is CC/C=C\C/C=C\C/C=C\C/C=C\C/C=C\C/C=C\C/C=C\C/C=C\C/C=C\C/C=C\C/C=C\CCCCCCCC(=O)NC(COP(=O)(O)OCC[N+](C)(C)C)C(O)/C=C/CC/C=C/CCCCCCCCCCCCCCC. The predicted molar refractivity (Wildman–Crippen MR) is 350 cm³/mol. The number of rotatable bonds is 56. The summed E-state index contributed by atoms with van der Waals surface area (Å²) in [4.78, 5) is 23.3. The smallest absolute Gasteiger partial charge is 0.387 e. The molecule has 1 amide bonds. The van der Waals surface area contributed by atoms with Gasteiger partial charge in [-0.05, 0) is 116 Å². The predicted octanol–water partition coefficient (Wildman–Crippen LogP) is 20.2. The average Bonchev–Trinajstić information content (AvgIpc) is 3.42. The van der Waals surface area contributed by atoms with Crippen LogP contribution in [0.2, 0.25) is 0 Å². The fraction of sp³-hybridized carbons (Fsp3) is 0.620. The van der Waals surface area contributed by atoms with E-state index in [1.54, 1.807) is 6.08 Å². The Hall–Kier alpha value is -3.88. The molecule has 0 aromatic carbocycles. The van der Waals surface area contributed by atoms with Crippen molar-refractivity contribution in [2.45, 2.75) is 244 Å². The van der Waals surface area contributed by atoms with Crippen LogP contribution in [0, 0.1) is 0 Å². The summed E-state index contributed by atoms with van der Waals surface area (Å²) in [5, 5.41) is 13.9. The lowest BCUT2D eigenvalue weighted by Crippen LogP contribution is -2.45. The monoisotopic (exact) mass is 1130 g/mol. The van der Waals surface area contributed by atoms with Gasteiger partial charge in [-0.3, -0.25) is 13.8 Å². The second-order valence-corrected chi connectivity index (χ2v) is 23.5. The number of carbonyl (C=O) groups excluding carboxylic acids is 1. The summed E-state index contributed by atoms with van der Waals surface area (Å²) in [7, 11) is 1.52. The average molecular weight is 1130 g/mol. The molecule has 0 fully saturated rings. The number of carbonyl (C=O) groups is 1. The number of unbranched alkanes of at least 4 members (excludes halogenated alkanes) is 19. The lowest BCUT2D eigenvalue weighted by molar-refractivity contribution is -0.870. The molecule has 8 nitrogen and oxygen atoms in total. The topological polar surface area (TPSA) is 105 Å². The van der Waals surface area contributed by atoms with Crippen LogP contribution in [0.25, 0.3) is 0 Å². The summed E-state index contributed by atoms with van der Waals surface area (Å²) in [6.45, 7) is 4.65. The van der Waals surface area contributed by atoms with E-state index in [2.05, 4.69) is 165 Å². The molecule has 3 unspecified atom stereocenters. The van der Waals surface area contributed by atoms with Crippen LogP contribution in [0.4, 0.5) is 0 Å². The minimum absolute atomic E-state index is 0.0437. The maximum atomic E-state index is 13.0. The van der Waals surface area contributed by atoms with E-state index in [0.29, 0.717) is 17.4 Å². The number of phosphoric ester groups is 1. The summed E-state index contributed by atoms with van der Waals surface area (Å²) < 4.78 is 23.7. The third kappa shape index (κ3) is 61.7. The zero-order valence-corrected chi connectivity index (χ0v) is 52.6. The van der Waals surface area contributed by atoms with Crippen LogP contribution < -0.4 is 5.32 Å². The van der Waals surface area contributed by atoms with Crippen LogP contribution >= 0.6 is 7.82 Å². The Labute approximate surface area is 492 Å². The van der Waals surface area contributed by atoms with Gasteiger partial charge < -0.3 is 19.8 Å². The van der Waals surface area contributed by atoms with E-state index >= 15 is 0 Å². The van der Waals surface area contributed by atoms with Gasteiger partial charge in [-0.1, -0.05) is 268 Å². The number of allylic oxidation sites excluding steroid dienone is 25. The second-order valence-electron chi connectivity index (χ2n) is 22.0. The molecule has 3 atom stereocenters. The van der Waals surface area contributed by atoms with Crippen LogP contribution in [0.3, 0.4) is 0 Å². The van der Waals surface area contributed by atoms with Crippen molar-refractivity contribution >= 4 is 13.7 Å². The third-order valence-corrected chi connectivity index (χ3v) is 14.2. The van der Waals surface area contributed by atoms with Gasteiger partial charge in [0.2, 0.25) is 5.91 Å². The zero-order chi connectivity index (χ0) is 58.4. The Morgan fingerprint density at radius 1 is 0.438 bits per heavy atom. The van der Waals surface area contributed by atoms with Crippen molar-refractivity contribution in [3.8, 4) is 0 Å². The second kappa shape index (κ2) is 59.7. The molecule has 80 heavy (non-hydrogen) atoms. The number of phosphoric acid groups is 1. The molecule has 3 N–H and O–H groups in total. The molecule has 0 rings (SSSR count). The molecule has 0 aliphatic carbocycles. The van der Waals surface area contributed by atoms with E-state index in [9.17, 15) is 19.4 Å². The highest BCUT2D eigenvalue weighted by molar-refractivity contribution is 7.47. The number of amides is 1. The van der Waals surface area contributed by atoms with Crippen LogP contribution in [0.5, 0.6) is 0 Å². The number of likely N-dealkylation sites (N-methyl/N-ethyl adjacent to an activating group) is 1. The van der Waals surface area contributed by atoms with Gasteiger partial charge in [0.25, 0.3) is 0 Å². The summed E-state index contributed by atoms with van der Waals surface area (Å²) in [6.07, 6.45) is 93.6. The maximum absolute atomic E-state index is 13.0. The highest BCUT2D eigenvalue weighted by Gasteiger charge is 2.27. The highest BCUT2D eigenvalue weighted by atomic mass is 31.2. The molecule has 454 valence electrons. The molecule has 0 aliphatic heterocycles. The van der Waals surface area contributed by atoms with Gasteiger partial charge in [-0.15, -0.1) is 0 Å². The number of aliphatic hydroxyl groups excluding tert-OH is 1. The Bertz CT molecular complexity index is 1860. The largest absolute Gasteiger partial charge is 0.472 e. The standard InChI is InChI=1S/C71H119N2O6P/c1-6-8-10-12-14-16-18-20-22-24-26-27-28-29-30-31-32-33-34-35-36-37-38-39-40-41-42-43-44-45-47-49-51-53-55-57-59-61-63-65-71(75)72-69(68-79-80(76,77)78-67-66-73(3,4)5)70(74)64-62-60-58-56-54-52-50-48-46-25-23-21-19-17-15-13-11-9-7-2/h8,10,14,16,20,22,26-27,29-30,32-33,35-36,38-39,41-42,44-45,49,51,54,56,62,64,69-70,74H,6-7,9,11-13,15,17-19,21,23-25,28,31,34,37,40,43,46-48,50,52-53,55,57-61,63,65-68H2,1-5H3,(H-,72,75,76,77)/p+1/b10-8-,16-14-,22-20-,27-26-,30-29-,33-32-,36-35-,39-38-,42-41-,45-44-,51-49-,56-54+,64-62+. The molecule has 0 aromatic heterocycles. The molecule has 0 saturated heterocycles. The molecule has 0 aromatic rings. The maximum Gasteiger partial charge on any atom is 0.472 e. The lowest BCUT2D eigenvalue weighted by Gasteiger charge is -2.25. The lowest BCUT2D eigenvalue weighted by atomic mass is 10.0. The zero-order valence-electron chi connectivity index (χ0n) is 51.8. The summed E-state index contributed by atoms with van der Waals surface area (Å²) >= 11 is 0. The fourth-order valence-corrected chi connectivity index (χ4v) is 9.03. The van der Waals surface area contributed by atoms with Crippen molar-refractivity contribution < 1.29 is 32.9 Å². The van der Waals surface area contributed by atoms with E-state index in [0.717, 1.165) is 128 Å². The van der Waals surface area contributed by atoms with E-state index < -0.39 is 20.0 Å². The van der Waals surface area contributed by atoms with Crippen molar-refractivity contribution in [1.82, 2.24) is 5.32 Å². The van der Waals surface area contributed by atoms with Crippen molar-refractivity contribution in [1.29, 1.82) is 0 Å². The van der Waals surface area contributed by atoms with E-state index in [-0.39, 0.29) is 19.1 Å². The third-order valence-electron chi connectivity index (χ3n) is 13.2. The van der Waals surface area contributed by atoms with Crippen molar-refractivity contribution in [2.24, 2.45) is 0 Å². The minimum Gasteiger partial charge on any atom is -0.387 e. The van der Waals surface area contributed by atoms with Gasteiger partial charge >= 0.3 is 7.82 Å². The number of aliphatic hydroxyl groups is 1. The first kappa shape index (κ1) is 76.1. The Kier molecular flexibility index (Phi) is 56.8. The van der Waals surface area contributed by atoms with Crippen LogP contribution in [0.1, 0.15) is 232 Å². The van der Waals surface area contributed by atoms with Gasteiger partial charge in [0.1, 0.15) is 13.2 Å². The van der Waals surface area contributed by atoms with Crippen LogP contribution in [-0.4, -0.2) is 73.4 Å². The molecule has 0 heterocycles. The molecule has 0 spiro atoms. The fourth-order valence-electron chi connectivity index (χ4n) is 8.30. The summed E-state index contributed by atoms with van der Waals surface area (Å²) in [5.74, 6) is -0.212. The molecule has 0 aliphatic rings. The van der Waals surface area contributed by atoms with Gasteiger partial charge in [0.05, 0.1) is 39.9 Å². The van der Waals surface area contributed by atoms with Crippen molar-refractivity contribution in [3.05, 3.63) is 158 Å². The Balaban J connectivity index is 4.25. The number of nitrogens with one attached hydrogen (secondary N) is 1. The molecular formula is C71H120N2O6P+. The van der Waals surface area contributed by atoms with E-state index in [1.165, 1.54) is 83.5 Å². The summed E-state index contributed by atoms with van der Waals surface area (Å²) in [6, 6.07) is -0.887. The molecule has 0 bridgehead atoms. The number of nitrogens with zero attached hydrogens (tertiary/aromatic N) is 1. The van der Waals surface area contributed by atoms with Crippen molar-refractivity contribution in [3.63, 3.8) is 0 Å². The first-order valence-electron chi connectivity index (χ1n) is 31.9. The Morgan fingerprint density at radius 3 is 1.15 bits per heavy atom. The highest BCUT2D eigenvalue weighted by Crippen LogP contribution is 2.43.